The van der Waals surface area contributed by atoms with Gasteiger partial charge in [0.15, 0.2) is 0 Å². The highest BCUT2D eigenvalue weighted by atomic mass is 16.5. The maximum Gasteiger partial charge on any atom is 0.233 e. The van der Waals surface area contributed by atoms with Gasteiger partial charge >= 0.3 is 0 Å². The fourth-order valence-corrected chi connectivity index (χ4v) is 3.47. The number of nitrogens with zero attached hydrogens (tertiary/aromatic N) is 4. The summed E-state index contributed by atoms with van der Waals surface area (Å²) in [5.41, 5.74) is 3.36. The summed E-state index contributed by atoms with van der Waals surface area (Å²) in [5, 5.41) is 12.5. The minimum absolute atomic E-state index is 0.589. The van der Waals surface area contributed by atoms with Crippen LogP contribution in [0.2, 0.25) is 0 Å². The molecule has 1 aliphatic heterocycles. The van der Waals surface area contributed by atoms with Gasteiger partial charge in [-0.05, 0) is 64.6 Å². The summed E-state index contributed by atoms with van der Waals surface area (Å²) in [5.74, 6) is 2.83. The third-order valence-corrected chi connectivity index (χ3v) is 5.39. The van der Waals surface area contributed by atoms with Crippen molar-refractivity contribution in [3.05, 3.63) is 34.8 Å². The zero-order chi connectivity index (χ0) is 17.2. The quantitative estimate of drug-likeness (QED) is 0.803. The Morgan fingerprint density at radius 3 is 2.52 bits per heavy atom. The first-order chi connectivity index (χ1) is 12.2. The largest absolute Gasteiger partial charge is 0.476 e. The van der Waals surface area contributed by atoms with Crippen LogP contribution in [0.5, 0.6) is 5.88 Å². The van der Waals surface area contributed by atoms with Crippen LogP contribution in [0, 0.1) is 19.8 Å². The molecule has 2 aliphatic rings. The van der Waals surface area contributed by atoms with E-state index in [4.69, 9.17) is 9.26 Å². The highest BCUT2D eigenvalue weighted by Crippen LogP contribution is 2.38. The minimum atomic E-state index is 0.589. The van der Waals surface area contributed by atoms with Crippen molar-refractivity contribution in [2.24, 2.45) is 5.92 Å². The Bertz CT molecular complexity index is 681. The van der Waals surface area contributed by atoms with Crippen molar-refractivity contribution in [1.82, 2.24) is 20.3 Å². The Morgan fingerprint density at radius 1 is 1.12 bits per heavy atom. The summed E-state index contributed by atoms with van der Waals surface area (Å²) in [6.07, 6.45) is 4.80. The van der Waals surface area contributed by atoms with Gasteiger partial charge in [-0.1, -0.05) is 5.16 Å². The van der Waals surface area contributed by atoms with Crippen molar-refractivity contribution >= 4 is 0 Å². The summed E-state index contributed by atoms with van der Waals surface area (Å²) in [4.78, 5) is 2.48. The SMILES string of the molecule is Cc1noc(C)c1CN1CCC(COc2ccc(C3CC3)nn2)CC1. The van der Waals surface area contributed by atoms with Crippen molar-refractivity contribution in [3.8, 4) is 5.88 Å². The second kappa shape index (κ2) is 7.12. The van der Waals surface area contributed by atoms with Crippen LogP contribution in [-0.4, -0.2) is 40.0 Å². The molecular weight excluding hydrogens is 316 g/mol. The topological polar surface area (TPSA) is 64.3 Å². The maximum atomic E-state index is 5.86. The average Bonchev–Trinajstić information content (AvgIpc) is 3.44. The van der Waals surface area contributed by atoms with E-state index in [2.05, 4.69) is 26.3 Å². The van der Waals surface area contributed by atoms with E-state index in [0.717, 1.165) is 56.2 Å². The van der Waals surface area contributed by atoms with Gasteiger partial charge in [-0.25, -0.2) is 0 Å². The molecule has 4 rings (SSSR count). The van der Waals surface area contributed by atoms with E-state index in [9.17, 15) is 0 Å². The molecule has 0 unspecified atom stereocenters. The van der Waals surface area contributed by atoms with Gasteiger partial charge in [0.1, 0.15) is 5.76 Å². The molecule has 0 bridgehead atoms. The van der Waals surface area contributed by atoms with Gasteiger partial charge in [-0.2, -0.15) is 5.10 Å². The zero-order valence-electron chi connectivity index (χ0n) is 15.1. The number of hydrogen-bond donors (Lipinski definition) is 0. The number of aryl methyl sites for hydroxylation is 2. The molecule has 6 heteroatoms. The lowest BCUT2D eigenvalue weighted by Crippen LogP contribution is -2.35. The summed E-state index contributed by atoms with van der Waals surface area (Å²) in [7, 11) is 0. The van der Waals surface area contributed by atoms with E-state index < -0.39 is 0 Å². The highest BCUT2D eigenvalue weighted by Gasteiger charge is 2.25. The van der Waals surface area contributed by atoms with Gasteiger partial charge < -0.3 is 9.26 Å². The molecule has 1 saturated carbocycles. The van der Waals surface area contributed by atoms with Crippen molar-refractivity contribution in [2.75, 3.05) is 19.7 Å². The summed E-state index contributed by atoms with van der Waals surface area (Å²) >= 11 is 0. The van der Waals surface area contributed by atoms with E-state index in [-0.39, 0.29) is 0 Å². The Balaban J connectivity index is 1.22. The van der Waals surface area contributed by atoms with Crippen molar-refractivity contribution < 1.29 is 9.26 Å². The molecule has 1 aliphatic carbocycles. The van der Waals surface area contributed by atoms with Gasteiger partial charge in [0, 0.05) is 24.1 Å². The fourth-order valence-electron chi connectivity index (χ4n) is 3.47. The maximum absolute atomic E-state index is 5.86. The van der Waals surface area contributed by atoms with Gasteiger partial charge in [-0.15, -0.1) is 5.10 Å². The molecule has 1 saturated heterocycles. The number of rotatable bonds is 6. The lowest BCUT2D eigenvalue weighted by molar-refractivity contribution is 0.133. The van der Waals surface area contributed by atoms with Crippen LogP contribution < -0.4 is 4.74 Å². The molecule has 2 aromatic rings. The van der Waals surface area contributed by atoms with Gasteiger partial charge in [0.25, 0.3) is 0 Å². The first kappa shape index (κ1) is 16.5. The van der Waals surface area contributed by atoms with Crippen LogP contribution in [0.3, 0.4) is 0 Å². The van der Waals surface area contributed by atoms with Gasteiger partial charge in [0.2, 0.25) is 5.88 Å². The van der Waals surface area contributed by atoms with Crippen LogP contribution in [0.25, 0.3) is 0 Å². The lowest BCUT2D eigenvalue weighted by Gasteiger charge is -2.31. The number of ether oxygens (including phenoxy) is 1. The predicted octanol–water partition coefficient (Wildman–Crippen LogP) is 3.25. The second-order valence-electron chi connectivity index (χ2n) is 7.40. The Morgan fingerprint density at radius 2 is 1.92 bits per heavy atom. The van der Waals surface area contributed by atoms with Crippen LogP contribution in [-0.2, 0) is 6.54 Å². The molecule has 2 aromatic heterocycles. The predicted molar refractivity (Wildman–Crippen MR) is 93.5 cm³/mol. The third-order valence-electron chi connectivity index (χ3n) is 5.39. The third kappa shape index (κ3) is 4.00. The molecule has 25 heavy (non-hydrogen) atoms. The monoisotopic (exact) mass is 342 g/mol. The average molecular weight is 342 g/mol. The number of likely N-dealkylation sites (tertiary alicyclic amines) is 1. The van der Waals surface area contributed by atoms with E-state index in [1.165, 1.54) is 18.4 Å². The Hall–Kier alpha value is -1.95. The Labute approximate surface area is 148 Å². The molecule has 134 valence electrons. The normalized spacial score (nSPS) is 19.3. The number of piperidine rings is 1. The van der Waals surface area contributed by atoms with Crippen LogP contribution in [0.4, 0.5) is 0 Å². The molecule has 2 fully saturated rings. The first-order valence-electron chi connectivity index (χ1n) is 9.29. The number of hydrogen-bond acceptors (Lipinski definition) is 6. The molecule has 0 atom stereocenters. The van der Waals surface area contributed by atoms with Crippen molar-refractivity contribution in [1.29, 1.82) is 0 Å². The summed E-state index contributed by atoms with van der Waals surface area (Å²) in [6, 6.07) is 4.03. The molecule has 0 spiro atoms. The zero-order valence-corrected chi connectivity index (χ0v) is 15.1. The smallest absolute Gasteiger partial charge is 0.233 e. The van der Waals surface area contributed by atoms with E-state index in [1.807, 2.05) is 19.9 Å². The standard InChI is InChI=1S/C19H26N4O2/c1-13-17(14(2)25-22-13)11-23-9-7-15(8-10-23)12-24-19-6-5-18(20-21-19)16-3-4-16/h5-6,15-16H,3-4,7-12H2,1-2H3. The van der Waals surface area contributed by atoms with E-state index in [0.29, 0.717) is 17.7 Å². The molecule has 6 nitrogen and oxygen atoms in total. The van der Waals surface area contributed by atoms with E-state index >= 15 is 0 Å². The molecule has 3 heterocycles. The van der Waals surface area contributed by atoms with Crippen molar-refractivity contribution in [2.45, 2.75) is 52.0 Å². The van der Waals surface area contributed by atoms with Gasteiger partial charge in [0.05, 0.1) is 18.0 Å². The van der Waals surface area contributed by atoms with Crippen LogP contribution in [0.1, 0.15) is 54.3 Å². The molecule has 0 amide bonds. The second-order valence-corrected chi connectivity index (χ2v) is 7.40. The summed E-state index contributed by atoms with van der Waals surface area (Å²) in [6.45, 7) is 7.85. The van der Waals surface area contributed by atoms with Crippen LogP contribution >= 0.6 is 0 Å². The highest BCUT2D eigenvalue weighted by molar-refractivity contribution is 5.20. The minimum Gasteiger partial charge on any atom is -0.476 e. The van der Waals surface area contributed by atoms with E-state index in [1.54, 1.807) is 0 Å². The van der Waals surface area contributed by atoms with Crippen molar-refractivity contribution in [3.63, 3.8) is 0 Å². The fraction of sp³-hybridized carbons (Fsp3) is 0.632. The molecular formula is C19H26N4O2. The molecule has 0 aromatic carbocycles. The van der Waals surface area contributed by atoms with Crippen LogP contribution in [0.15, 0.2) is 16.7 Å². The van der Waals surface area contributed by atoms with Gasteiger partial charge in [-0.3, -0.25) is 4.90 Å². The molecule has 0 radical (unpaired) electrons. The summed E-state index contributed by atoms with van der Waals surface area (Å²) < 4.78 is 11.1. The lowest BCUT2D eigenvalue weighted by atomic mass is 9.97. The number of aromatic nitrogens is 3. The Kier molecular flexibility index (Phi) is 4.70. The molecule has 0 N–H and O–H groups in total. The first-order valence-corrected chi connectivity index (χ1v) is 9.29.